The molecule has 31 heavy (non-hydrogen) atoms. The van der Waals surface area contributed by atoms with Gasteiger partial charge < -0.3 is 15.0 Å². The van der Waals surface area contributed by atoms with Gasteiger partial charge in [-0.05, 0) is 31.9 Å². The maximum absolute atomic E-state index is 12.9. The van der Waals surface area contributed by atoms with Gasteiger partial charge in [0.25, 0.3) is 0 Å². The molecule has 0 spiro atoms. The Morgan fingerprint density at radius 2 is 1.87 bits per heavy atom. The van der Waals surface area contributed by atoms with Gasteiger partial charge in [-0.1, -0.05) is 53.8 Å². The number of hydrogen-bond acceptors (Lipinski definition) is 6. The molecule has 0 saturated carbocycles. The fraction of sp³-hybridized carbons (Fsp3) is 0.273. The largest absolute Gasteiger partial charge is 0.492 e. The number of nitrogens with zero attached hydrogens (tertiary/aromatic N) is 3. The second-order valence-corrected chi connectivity index (χ2v) is 7.96. The van der Waals surface area contributed by atoms with Crippen molar-refractivity contribution in [3.05, 3.63) is 54.6 Å². The first-order chi connectivity index (χ1) is 15.2. The molecule has 9 heteroatoms. The van der Waals surface area contributed by atoms with Crippen molar-refractivity contribution in [3.63, 3.8) is 0 Å². The first kappa shape index (κ1) is 20.8. The molecule has 1 aliphatic rings. The molecule has 2 heterocycles. The van der Waals surface area contributed by atoms with Gasteiger partial charge in [0.2, 0.25) is 11.0 Å². The van der Waals surface area contributed by atoms with E-state index in [1.54, 1.807) is 17.0 Å². The number of urea groups is 1. The maximum atomic E-state index is 12.9. The number of carbonyl (C=O) groups excluding carboxylic acids is 2. The third kappa shape index (κ3) is 4.83. The van der Waals surface area contributed by atoms with Crippen LogP contribution in [0.2, 0.25) is 0 Å². The molecule has 8 nitrogen and oxygen atoms in total. The van der Waals surface area contributed by atoms with Crippen LogP contribution in [0.25, 0.3) is 10.6 Å². The topological polar surface area (TPSA) is 96.5 Å². The van der Waals surface area contributed by atoms with Gasteiger partial charge in [-0.3, -0.25) is 10.1 Å². The second-order valence-electron chi connectivity index (χ2n) is 6.98. The van der Waals surface area contributed by atoms with Crippen LogP contribution < -0.4 is 15.4 Å². The summed E-state index contributed by atoms with van der Waals surface area (Å²) in [5.74, 6) is 0.336. The van der Waals surface area contributed by atoms with Crippen LogP contribution in [0.5, 0.6) is 5.75 Å². The number of benzene rings is 2. The Morgan fingerprint density at radius 3 is 2.68 bits per heavy atom. The lowest BCUT2D eigenvalue weighted by atomic mass is 10.2. The van der Waals surface area contributed by atoms with E-state index in [0.29, 0.717) is 36.1 Å². The van der Waals surface area contributed by atoms with Crippen molar-refractivity contribution in [1.82, 2.24) is 15.1 Å². The minimum Gasteiger partial charge on any atom is -0.492 e. The van der Waals surface area contributed by atoms with Gasteiger partial charge in [0.15, 0.2) is 0 Å². The summed E-state index contributed by atoms with van der Waals surface area (Å²) in [7, 11) is 0. The number of likely N-dealkylation sites (tertiary alicyclic amines) is 1. The Labute approximate surface area is 184 Å². The van der Waals surface area contributed by atoms with E-state index in [1.165, 1.54) is 11.3 Å². The number of para-hydroxylation sites is 2. The highest BCUT2D eigenvalue weighted by Crippen LogP contribution is 2.28. The summed E-state index contributed by atoms with van der Waals surface area (Å²) in [6.45, 7) is 2.89. The SMILES string of the molecule is CCOc1ccccc1NC(=O)N1CCCC1C(=O)Nc1nnc(-c2ccccc2)s1. The predicted molar refractivity (Wildman–Crippen MR) is 120 cm³/mol. The zero-order valence-electron chi connectivity index (χ0n) is 17.1. The Hall–Kier alpha value is -3.46. The molecular formula is C22H23N5O3S. The Kier molecular flexibility index (Phi) is 6.42. The zero-order valence-corrected chi connectivity index (χ0v) is 17.9. The van der Waals surface area contributed by atoms with Crippen molar-refractivity contribution in [2.75, 3.05) is 23.8 Å². The van der Waals surface area contributed by atoms with Gasteiger partial charge in [0, 0.05) is 12.1 Å². The van der Waals surface area contributed by atoms with Crippen LogP contribution in [0, 0.1) is 0 Å². The van der Waals surface area contributed by atoms with E-state index < -0.39 is 6.04 Å². The second kappa shape index (κ2) is 9.57. The summed E-state index contributed by atoms with van der Waals surface area (Å²) >= 11 is 1.30. The average molecular weight is 438 g/mol. The number of aromatic nitrogens is 2. The standard InChI is InChI=1S/C22H23N5O3S/c1-2-30-18-13-7-6-11-16(18)23-22(29)27-14-8-12-17(27)19(28)24-21-26-25-20(31-21)15-9-4-3-5-10-15/h3-7,9-11,13,17H,2,8,12,14H2,1H3,(H,23,29)(H,24,26,28). The number of amides is 3. The Morgan fingerprint density at radius 1 is 1.10 bits per heavy atom. The normalized spacial score (nSPS) is 15.5. The van der Waals surface area contributed by atoms with E-state index in [1.807, 2.05) is 49.4 Å². The molecule has 2 N–H and O–H groups in total. The lowest BCUT2D eigenvalue weighted by molar-refractivity contribution is -0.119. The molecule has 4 rings (SSSR count). The van der Waals surface area contributed by atoms with Crippen LogP contribution in [0.1, 0.15) is 19.8 Å². The number of nitrogens with one attached hydrogen (secondary N) is 2. The van der Waals surface area contributed by atoms with Gasteiger partial charge in [0.1, 0.15) is 16.8 Å². The lowest BCUT2D eigenvalue weighted by Crippen LogP contribution is -2.45. The van der Waals surface area contributed by atoms with Gasteiger partial charge >= 0.3 is 6.03 Å². The summed E-state index contributed by atoms with van der Waals surface area (Å²) in [4.78, 5) is 27.3. The van der Waals surface area contributed by atoms with Crippen LogP contribution in [-0.2, 0) is 4.79 Å². The minimum atomic E-state index is -0.566. The Bertz CT molecular complexity index is 1060. The number of rotatable bonds is 6. The molecule has 1 fully saturated rings. The fourth-order valence-electron chi connectivity index (χ4n) is 3.48. The van der Waals surface area contributed by atoms with Gasteiger partial charge in [-0.25, -0.2) is 4.79 Å². The van der Waals surface area contributed by atoms with Crippen LogP contribution in [0.4, 0.5) is 15.6 Å². The summed E-state index contributed by atoms with van der Waals surface area (Å²) < 4.78 is 5.57. The first-order valence-electron chi connectivity index (χ1n) is 10.1. The molecule has 1 aromatic heterocycles. The molecule has 3 amide bonds. The lowest BCUT2D eigenvalue weighted by Gasteiger charge is -2.24. The smallest absolute Gasteiger partial charge is 0.322 e. The number of ether oxygens (including phenoxy) is 1. The van der Waals surface area contributed by atoms with E-state index >= 15 is 0 Å². The molecule has 0 radical (unpaired) electrons. The monoisotopic (exact) mass is 437 g/mol. The molecule has 1 atom stereocenters. The van der Waals surface area contributed by atoms with Crippen molar-refractivity contribution in [2.24, 2.45) is 0 Å². The summed E-state index contributed by atoms with van der Waals surface area (Å²) in [5, 5.41) is 15.0. The average Bonchev–Trinajstić information content (AvgIpc) is 3.46. The van der Waals surface area contributed by atoms with Crippen LogP contribution in [-0.4, -0.2) is 46.2 Å². The summed E-state index contributed by atoms with van der Waals surface area (Å²) in [5.41, 5.74) is 1.52. The quantitative estimate of drug-likeness (QED) is 0.601. The molecule has 3 aromatic rings. The van der Waals surface area contributed by atoms with E-state index in [4.69, 9.17) is 4.74 Å². The van der Waals surface area contributed by atoms with Crippen molar-refractivity contribution < 1.29 is 14.3 Å². The zero-order chi connectivity index (χ0) is 21.6. The van der Waals surface area contributed by atoms with E-state index in [2.05, 4.69) is 20.8 Å². The van der Waals surface area contributed by atoms with Crippen LogP contribution in [0.3, 0.4) is 0 Å². The van der Waals surface area contributed by atoms with Gasteiger partial charge in [0.05, 0.1) is 12.3 Å². The fourth-order valence-corrected chi connectivity index (χ4v) is 4.23. The van der Waals surface area contributed by atoms with Crippen LogP contribution >= 0.6 is 11.3 Å². The van der Waals surface area contributed by atoms with E-state index in [9.17, 15) is 9.59 Å². The predicted octanol–water partition coefficient (Wildman–Crippen LogP) is 4.24. The Balaban J connectivity index is 1.42. The minimum absolute atomic E-state index is 0.262. The molecule has 1 aliphatic heterocycles. The third-order valence-corrected chi connectivity index (χ3v) is 5.81. The number of carbonyl (C=O) groups is 2. The van der Waals surface area contributed by atoms with Crippen molar-refractivity contribution in [3.8, 4) is 16.3 Å². The molecular weight excluding hydrogens is 414 g/mol. The van der Waals surface area contributed by atoms with Gasteiger partial charge in [-0.2, -0.15) is 0 Å². The number of anilines is 2. The molecule has 1 saturated heterocycles. The highest BCUT2D eigenvalue weighted by Gasteiger charge is 2.35. The van der Waals surface area contributed by atoms with Crippen LogP contribution in [0.15, 0.2) is 54.6 Å². The number of hydrogen-bond donors (Lipinski definition) is 2. The van der Waals surface area contributed by atoms with Crippen molar-refractivity contribution >= 4 is 34.1 Å². The first-order valence-corrected chi connectivity index (χ1v) is 11.0. The van der Waals surface area contributed by atoms with Crippen molar-refractivity contribution in [1.29, 1.82) is 0 Å². The van der Waals surface area contributed by atoms with E-state index in [-0.39, 0.29) is 11.9 Å². The molecule has 2 aromatic carbocycles. The maximum Gasteiger partial charge on any atom is 0.322 e. The molecule has 0 bridgehead atoms. The summed E-state index contributed by atoms with van der Waals surface area (Å²) in [6, 6.07) is 16.0. The third-order valence-electron chi connectivity index (χ3n) is 4.92. The molecule has 1 unspecified atom stereocenters. The highest BCUT2D eigenvalue weighted by atomic mass is 32.1. The van der Waals surface area contributed by atoms with Crippen molar-refractivity contribution in [2.45, 2.75) is 25.8 Å². The van der Waals surface area contributed by atoms with Gasteiger partial charge in [-0.15, -0.1) is 10.2 Å². The molecule has 0 aliphatic carbocycles. The summed E-state index contributed by atoms with van der Waals surface area (Å²) in [6.07, 6.45) is 1.35. The molecule has 160 valence electrons. The van der Waals surface area contributed by atoms with E-state index in [0.717, 1.165) is 17.0 Å². The highest BCUT2D eigenvalue weighted by molar-refractivity contribution is 7.18.